The van der Waals surface area contributed by atoms with Gasteiger partial charge in [0.15, 0.2) is 0 Å². The van der Waals surface area contributed by atoms with Crippen molar-refractivity contribution in [1.29, 1.82) is 0 Å². The molecular weight excluding hydrogens is 260 g/mol. The fourth-order valence-corrected chi connectivity index (χ4v) is 2.54. The molecule has 21 heavy (non-hydrogen) atoms. The minimum absolute atomic E-state index is 0.130. The van der Waals surface area contributed by atoms with Crippen LogP contribution in [-0.2, 0) is 0 Å². The van der Waals surface area contributed by atoms with Crippen LogP contribution in [0.25, 0.3) is 0 Å². The third-order valence-corrected chi connectivity index (χ3v) is 3.86. The van der Waals surface area contributed by atoms with E-state index in [1.807, 2.05) is 21.0 Å². The highest BCUT2D eigenvalue weighted by Gasteiger charge is 2.14. The van der Waals surface area contributed by atoms with Gasteiger partial charge in [-0.3, -0.25) is 0 Å². The molecule has 0 aliphatic rings. The van der Waals surface area contributed by atoms with Crippen molar-refractivity contribution in [2.24, 2.45) is 5.73 Å². The molecule has 1 atom stereocenters. The van der Waals surface area contributed by atoms with E-state index in [9.17, 15) is 0 Å². The van der Waals surface area contributed by atoms with Gasteiger partial charge in [-0.2, -0.15) is 0 Å². The van der Waals surface area contributed by atoms with E-state index in [4.69, 9.17) is 10.5 Å². The Kier molecular flexibility index (Phi) is 4.53. The predicted octanol–water partition coefficient (Wildman–Crippen LogP) is 3.43. The first-order valence-corrected chi connectivity index (χ1v) is 7.12. The van der Waals surface area contributed by atoms with Gasteiger partial charge in [0.05, 0.1) is 13.2 Å². The predicted molar refractivity (Wildman–Crippen MR) is 89.3 cm³/mol. The molecule has 0 amide bonds. The summed E-state index contributed by atoms with van der Waals surface area (Å²) in [6.07, 6.45) is 0. The summed E-state index contributed by atoms with van der Waals surface area (Å²) in [6.45, 7) is 4.12. The second-order valence-electron chi connectivity index (χ2n) is 5.65. The van der Waals surface area contributed by atoms with E-state index in [0.29, 0.717) is 0 Å². The lowest BCUT2D eigenvalue weighted by Gasteiger charge is -2.20. The molecule has 0 saturated heterocycles. The van der Waals surface area contributed by atoms with Crippen molar-refractivity contribution in [2.45, 2.75) is 19.9 Å². The molecule has 3 nitrogen and oxygen atoms in total. The van der Waals surface area contributed by atoms with Gasteiger partial charge in [0, 0.05) is 19.8 Å². The highest BCUT2D eigenvalue weighted by Crippen LogP contribution is 2.30. The summed E-state index contributed by atoms with van der Waals surface area (Å²) in [7, 11) is 5.77. The van der Waals surface area contributed by atoms with E-state index in [2.05, 4.69) is 48.2 Å². The quantitative estimate of drug-likeness (QED) is 0.935. The number of hydrogen-bond acceptors (Lipinski definition) is 3. The van der Waals surface area contributed by atoms with Crippen molar-refractivity contribution in [1.82, 2.24) is 0 Å². The van der Waals surface area contributed by atoms with Crippen molar-refractivity contribution in [3.8, 4) is 5.75 Å². The average Bonchev–Trinajstić information content (AvgIpc) is 2.48. The van der Waals surface area contributed by atoms with Gasteiger partial charge in [-0.15, -0.1) is 0 Å². The summed E-state index contributed by atoms with van der Waals surface area (Å²) in [5.74, 6) is 0.908. The van der Waals surface area contributed by atoms with E-state index in [1.54, 1.807) is 7.11 Å². The van der Waals surface area contributed by atoms with Crippen molar-refractivity contribution < 1.29 is 4.74 Å². The van der Waals surface area contributed by atoms with Gasteiger partial charge in [-0.05, 0) is 54.3 Å². The van der Waals surface area contributed by atoms with Crippen molar-refractivity contribution in [2.75, 3.05) is 26.1 Å². The minimum atomic E-state index is -0.130. The number of rotatable bonds is 4. The molecule has 0 bridgehead atoms. The number of hydrogen-bond donors (Lipinski definition) is 1. The lowest BCUT2D eigenvalue weighted by Crippen LogP contribution is -2.15. The topological polar surface area (TPSA) is 38.5 Å². The maximum absolute atomic E-state index is 6.49. The molecule has 0 aliphatic carbocycles. The molecule has 0 aliphatic heterocycles. The molecule has 0 saturated carbocycles. The van der Waals surface area contributed by atoms with E-state index >= 15 is 0 Å². The lowest BCUT2D eigenvalue weighted by atomic mass is 9.93. The van der Waals surface area contributed by atoms with Crippen LogP contribution in [0.4, 0.5) is 5.69 Å². The van der Waals surface area contributed by atoms with Crippen molar-refractivity contribution in [3.05, 3.63) is 58.7 Å². The Hall–Kier alpha value is -2.00. The van der Waals surface area contributed by atoms with Gasteiger partial charge in [-0.25, -0.2) is 0 Å². The molecule has 3 heteroatoms. The number of nitrogens with two attached hydrogens (primary N) is 1. The van der Waals surface area contributed by atoms with Gasteiger partial charge in [0.1, 0.15) is 5.75 Å². The second-order valence-corrected chi connectivity index (χ2v) is 5.65. The van der Waals surface area contributed by atoms with E-state index < -0.39 is 0 Å². The first-order chi connectivity index (χ1) is 9.93. The second kappa shape index (κ2) is 6.19. The van der Waals surface area contributed by atoms with Gasteiger partial charge in [0.2, 0.25) is 0 Å². The molecule has 2 aromatic carbocycles. The molecule has 0 aromatic heterocycles. The van der Waals surface area contributed by atoms with Gasteiger partial charge in [-0.1, -0.05) is 18.2 Å². The Labute approximate surface area is 127 Å². The Morgan fingerprint density at radius 3 is 2.38 bits per heavy atom. The zero-order valence-corrected chi connectivity index (χ0v) is 13.5. The van der Waals surface area contributed by atoms with Crippen LogP contribution in [0.1, 0.15) is 28.3 Å². The van der Waals surface area contributed by atoms with Crippen LogP contribution >= 0.6 is 0 Å². The van der Waals surface area contributed by atoms with Crippen LogP contribution in [-0.4, -0.2) is 21.2 Å². The van der Waals surface area contributed by atoms with Crippen LogP contribution in [0.15, 0.2) is 36.4 Å². The largest absolute Gasteiger partial charge is 0.496 e. The van der Waals surface area contributed by atoms with E-state index in [0.717, 1.165) is 33.7 Å². The molecule has 2 aromatic rings. The SMILES string of the molecule is COc1cc(C)c(C(N)c2cccc(N(C)C)c2)cc1C. The zero-order valence-electron chi connectivity index (χ0n) is 13.5. The smallest absolute Gasteiger partial charge is 0.122 e. The fourth-order valence-electron chi connectivity index (χ4n) is 2.54. The lowest BCUT2D eigenvalue weighted by molar-refractivity contribution is 0.411. The molecule has 112 valence electrons. The molecule has 1 unspecified atom stereocenters. The van der Waals surface area contributed by atoms with Gasteiger partial charge >= 0.3 is 0 Å². The van der Waals surface area contributed by atoms with Crippen LogP contribution in [0, 0.1) is 13.8 Å². The molecule has 0 spiro atoms. The van der Waals surface area contributed by atoms with Crippen molar-refractivity contribution in [3.63, 3.8) is 0 Å². The maximum Gasteiger partial charge on any atom is 0.122 e. The van der Waals surface area contributed by atoms with Crippen LogP contribution in [0.5, 0.6) is 5.75 Å². The monoisotopic (exact) mass is 284 g/mol. The first kappa shape index (κ1) is 15.4. The molecule has 2 rings (SSSR count). The molecule has 0 radical (unpaired) electrons. The third kappa shape index (κ3) is 3.19. The Morgan fingerprint density at radius 1 is 1.05 bits per heavy atom. The number of aryl methyl sites for hydroxylation is 2. The minimum Gasteiger partial charge on any atom is -0.496 e. The van der Waals surface area contributed by atoms with E-state index in [-0.39, 0.29) is 6.04 Å². The fraction of sp³-hybridized carbons (Fsp3) is 0.333. The molecular formula is C18H24N2O. The third-order valence-electron chi connectivity index (χ3n) is 3.86. The highest BCUT2D eigenvalue weighted by molar-refractivity contribution is 5.51. The maximum atomic E-state index is 6.49. The van der Waals surface area contributed by atoms with Crippen LogP contribution < -0.4 is 15.4 Å². The van der Waals surface area contributed by atoms with Crippen LogP contribution in [0.3, 0.4) is 0 Å². The summed E-state index contributed by atoms with van der Waals surface area (Å²) in [4.78, 5) is 2.09. The number of benzene rings is 2. The number of nitrogens with zero attached hydrogens (tertiary/aromatic N) is 1. The van der Waals surface area contributed by atoms with Gasteiger partial charge in [0.25, 0.3) is 0 Å². The number of methoxy groups -OCH3 is 1. The van der Waals surface area contributed by atoms with Gasteiger partial charge < -0.3 is 15.4 Å². The average molecular weight is 284 g/mol. The zero-order chi connectivity index (χ0) is 15.6. The Bertz CT molecular complexity index is 635. The van der Waals surface area contributed by atoms with E-state index in [1.165, 1.54) is 0 Å². The summed E-state index contributed by atoms with van der Waals surface area (Å²) in [6, 6.07) is 12.4. The number of ether oxygens (including phenoxy) is 1. The summed E-state index contributed by atoms with van der Waals surface area (Å²) in [5.41, 5.74) is 12.2. The summed E-state index contributed by atoms with van der Waals surface area (Å²) < 4.78 is 5.37. The standard InChI is InChI=1S/C18H24N2O/c1-12-10-17(21-5)13(2)9-16(12)18(19)14-7-6-8-15(11-14)20(3)4/h6-11,18H,19H2,1-5H3. The Morgan fingerprint density at radius 2 is 1.76 bits per heavy atom. The summed E-state index contributed by atoms with van der Waals surface area (Å²) >= 11 is 0. The molecule has 0 fully saturated rings. The molecule has 0 heterocycles. The Balaban J connectivity index is 2.42. The normalized spacial score (nSPS) is 12.1. The first-order valence-electron chi connectivity index (χ1n) is 7.12. The van der Waals surface area contributed by atoms with Crippen molar-refractivity contribution >= 4 is 5.69 Å². The molecule has 2 N–H and O–H groups in total. The van der Waals surface area contributed by atoms with Crippen LogP contribution in [0.2, 0.25) is 0 Å². The highest BCUT2D eigenvalue weighted by atomic mass is 16.5. The summed E-state index contributed by atoms with van der Waals surface area (Å²) in [5, 5.41) is 0. The number of anilines is 1.